The number of hydrogen-bond donors (Lipinski definition) is 2. The maximum Gasteiger partial charge on any atom is 0.234 e. The van der Waals surface area contributed by atoms with Crippen molar-refractivity contribution in [1.29, 1.82) is 0 Å². The quantitative estimate of drug-likeness (QED) is 0.219. The van der Waals surface area contributed by atoms with Crippen molar-refractivity contribution in [3.05, 3.63) is 87.5 Å². The minimum Gasteiger partial charge on any atom is -0.360 e. The number of carbonyl (C=O) groups excluding carboxylic acids is 1. The van der Waals surface area contributed by atoms with Crippen molar-refractivity contribution in [1.82, 2.24) is 19.7 Å². The Hall–Kier alpha value is -2.97. The molecule has 35 heavy (non-hydrogen) atoms. The molecule has 0 radical (unpaired) electrons. The fourth-order valence-corrected chi connectivity index (χ4v) is 5.04. The normalized spacial score (nSPS) is 11.2. The average Bonchev–Trinajstić information content (AvgIpc) is 3.47. The number of aromatic amines is 1. The van der Waals surface area contributed by atoms with Gasteiger partial charge in [-0.3, -0.25) is 9.36 Å². The fourth-order valence-electron chi connectivity index (χ4n) is 3.69. The molecule has 1 amide bonds. The maximum atomic E-state index is 12.8. The third kappa shape index (κ3) is 4.77. The highest BCUT2D eigenvalue weighted by molar-refractivity contribution is 7.99. The smallest absolute Gasteiger partial charge is 0.234 e. The van der Waals surface area contributed by atoms with Crippen LogP contribution >= 0.6 is 46.6 Å². The molecule has 0 fully saturated rings. The van der Waals surface area contributed by atoms with Gasteiger partial charge in [0.05, 0.1) is 21.5 Å². The number of carbonyl (C=O) groups is 1. The summed E-state index contributed by atoms with van der Waals surface area (Å²) in [6, 6.07) is 18.9. The molecular weight excluding hydrogens is 525 g/mol. The molecular formula is C25H18Cl3N5OS. The number of H-pyrrole nitrogens is 1. The van der Waals surface area contributed by atoms with Crippen LogP contribution in [0.3, 0.4) is 0 Å². The van der Waals surface area contributed by atoms with Crippen molar-refractivity contribution in [2.24, 2.45) is 0 Å². The van der Waals surface area contributed by atoms with Crippen LogP contribution in [0.25, 0.3) is 28.0 Å². The number of thioether (sulfide) groups is 1. The summed E-state index contributed by atoms with van der Waals surface area (Å²) in [7, 11) is 0. The Kier molecular flexibility index (Phi) is 6.75. The number of halogens is 3. The van der Waals surface area contributed by atoms with E-state index >= 15 is 0 Å². The van der Waals surface area contributed by atoms with Crippen LogP contribution in [0.5, 0.6) is 0 Å². The Labute approximate surface area is 220 Å². The van der Waals surface area contributed by atoms with Crippen molar-refractivity contribution >= 4 is 69.1 Å². The molecule has 0 atom stereocenters. The Balaban J connectivity index is 1.47. The molecule has 0 spiro atoms. The number of benzene rings is 3. The maximum absolute atomic E-state index is 12.8. The third-order valence-corrected chi connectivity index (χ3v) is 7.41. The van der Waals surface area contributed by atoms with Gasteiger partial charge in [-0.15, -0.1) is 10.2 Å². The van der Waals surface area contributed by atoms with E-state index in [0.717, 1.165) is 27.7 Å². The first-order valence-corrected chi connectivity index (χ1v) is 12.7. The Morgan fingerprint density at radius 1 is 1.03 bits per heavy atom. The lowest BCUT2D eigenvalue weighted by atomic mass is 10.1. The van der Waals surface area contributed by atoms with Gasteiger partial charge in [-0.2, -0.15) is 0 Å². The van der Waals surface area contributed by atoms with Crippen molar-refractivity contribution in [2.45, 2.75) is 12.1 Å². The number of aromatic nitrogens is 4. The summed E-state index contributed by atoms with van der Waals surface area (Å²) in [5, 5.41) is 14.7. The number of hydrogen-bond acceptors (Lipinski definition) is 4. The highest BCUT2D eigenvalue weighted by Gasteiger charge is 2.20. The Bertz CT molecular complexity index is 1550. The highest BCUT2D eigenvalue weighted by atomic mass is 35.5. The first kappa shape index (κ1) is 23.8. The van der Waals surface area contributed by atoms with E-state index in [9.17, 15) is 4.79 Å². The zero-order valence-electron chi connectivity index (χ0n) is 18.3. The Morgan fingerprint density at radius 3 is 2.60 bits per heavy atom. The largest absolute Gasteiger partial charge is 0.360 e. The molecule has 0 saturated heterocycles. The fraction of sp³-hybridized carbons (Fsp3) is 0.0800. The molecule has 3 aromatic carbocycles. The molecule has 5 rings (SSSR count). The topological polar surface area (TPSA) is 75.6 Å². The van der Waals surface area contributed by atoms with Crippen LogP contribution in [-0.4, -0.2) is 31.4 Å². The van der Waals surface area contributed by atoms with Gasteiger partial charge in [0.2, 0.25) is 5.91 Å². The van der Waals surface area contributed by atoms with Gasteiger partial charge in [-0.1, -0.05) is 70.8 Å². The van der Waals surface area contributed by atoms with Crippen LogP contribution in [0, 0.1) is 6.92 Å². The molecule has 2 heterocycles. The molecule has 176 valence electrons. The summed E-state index contributed by atoms with van der Waals surface area (Å²) in [6.07, 6.45) is 1.91. The second kappa shape index (κ2) is 9.95. The minimum atomic E-state index is -0.260. The number of fused-ring (bicyclic) bond motifs is 1. The van der Waals surface area contributed by atoms with Crippen LogP contribution in [-0.2, 0) is 4.79 Å². The lowest BCUT2D eigenvalue weighted by Gasteiger charge is -2.12. The van der Waals surface area contributed by atoms with Crippen molar-refractivity contribution in [3.63, 3.8) is 0 Å². The molecule has 0 saturated carbocycles. The zero-order valence-corrected chi connectivity index (χ0v) is 21.4. The Morgan fingerprint density at radius 2 is 1.80 bits per heavy atom. The van der Waals surface area contributed by atoms with E-state index in [-0.39, 0.29) is 11.7 Å². The first-order chi connectivity index (χ1) is 16.9. The van der Waals surface area contributed by atoms with E-state index in [1.807, 2.05) is 54.1 Å². The summed E-state index contributed by atoms with van der Waals surface area (Å²) in [6.45, 7) is 1.85. The number of aryl methyl sites for hydroxylation is 1. The second-order valence-corrected chi connectivity index (χ2v) is 9.92. The summed E-state index contributed by atoms with van der Waals surface area (Å²) >= 11 is 20.0. The molecule has 2 aromatic heterocycles. The van der Waals surface area contributed by atoms with Gasteiger partial charge in [0.25, 0.3) is 0 Å². The summed E-state index contributed by atoms with van der Waals surface area (Å²) < 4.78 is 1.91. The van der Waals surface area contributed by atoms with Crippen LogP contribution in [0.4, 0.5) is 5.69 Å². The van der Waals surface area contributed by atoms with Crippen LogP contribution in [0.1, 0.15) is 5.56 Å². The SMILES string of the molecule is Cc1ccc(Cl)c(NC(=O)CSc2nnc(-c3c[nH]c4ccccc34)n2-c2ccc(Cl)cc2)c1Cl. The van der Waals surface area contributed by atoms with Crippen LogP contribution in [0.2, 0.25) is 15.1 Å². The summed E-state index contributed by atoms with van der Waals surface area (Å²) in [5.74, 6) is 0.473. The predicted molar refractivity (Wildman–Crippen MR) is 144 cm³/mol. The number of nitrogens with one attached hydrogen (secondary N) is 2. The van der Waals surface area contributed by atoms with E-state index in [1.165, 1.54) is 11.8 Å². The number of nitrogens with zero attached hydrogens (tertiary/aromatic N) is 3. The molecule has 0 unspecified atom stereocenters. The molecule has 6 nitrogen and oxygen atoms in total. The number of amides is 1. The van der Waals surface area contributed by atoms with Gasteiger partial charge < -0.3 is 10.3 Å². The van der Waals surface area contributed by atoms with E-state index in [0.29, 0.717) is 31.7 Å². The average molecular weight is 543 g/mol. The van der Waals surface area contributed by atoms with Gasteiger partial charge in [0, 0.05) is 33.4 Å². The standard InChI is InChI=1S/C25H18Cl3N5OS/c1-14-6-11-19(27)23(22(14)28)30-21(34)13-35-25-32-31-24(33(25)16-9-7-15(26)8-10-16)18-12-29-20-5-3-2-4-17(18)20/h2-12,29H,13H2,1H3,(H,30,34). The van der Waals surface area contributed by atoms with Crippen LogP contribution in [0.15, 0.2) is 72.0 Å². The molecule has 0 aliphatic carbocycles. The van der Waals surface area contributed by atoms with Crippen LogP contribution < -0.4 is 5.32 Å². The summed E-state index contributed by atoms with van der Waals surface area (Å²) in [4.78, 5) is 16.1. The number of rotatable bonds is 6. The van der Waals surface area contributed by atoms with Crippen molar-refractivity contribution in [3.8, 4) is 17.1 Å². The summed E-state index contributed by atoms with van der Waals surface area (Å²) in [5.41, 5.74) is 3.95. The number of para-hydroxylation sites is 1. The molecule has 0 aliphatic rings. The monoisotopic (exact) mass is 541 g/mol. The van der Waals surface area contributed by atoms with Crippen molar-refractivity contribution in [2.75, 3.05) is 11.1 Å². The molecule has 0 bridgehead atoms. The molecule has 10 heteroatoms. The van der Waals surface area contributed by atoms with Gasteiger partial charge in [0.1, 0.15) is 0 Å². The highest BCUT2D eigenvalue weighted by Crippen LogP contribution is 2.35. The lowest BCUT2D eigenvalue weighted by molar-refractivity contribution is -0.113. The lowest BCUT2D eigenvalue weighted by Crippen LogP contribution is -2.15. The van der Waals surface area contributed by atoms with Gasteiger partial charge in [-0.25, -0.2) is 0 Å². The molecule has 5 aromatic rings. The second-order valence-electron chi connectivity index (χ2n) is 7.76. The zero-order chi connectivity index (χ0) is 24.5. The van der Waals surface area contributed by atoms with E-state index in [2.05, 4.69) is 20.5 Å². The van der Waals surface area contributed by atoms with Crippen molar-refractivity contribution < 1.29 is 4.79 Å². The van der Waals surface area contributed by atoms with Gasteiger partial charge in [0.15, 0.2) is 11.0 Å². The van der Waals surface area contributed by atoms with E-state index < -0.39 is 0 Å². The first-order valence-electron chi connectivity index (χ1n) is 10.6. The molecule has 2 N–H and O–H groups in total. The van der Waals surface area contributed by atoms with E-state index in [1.54, 1.807) is 24.3 Å². The molecule has 0 aliphatic heterocycles. The minimum absolute atomic E-state index is 0.0835. The number of anilines is 1. The van der Waals surface area contributed by atoms with Gasteiger partial charge >= 0.3 is 0 Å². The van der Waals surface area contributed by atoms with Gasteiger partial charge in [-0.05, 0) is 48.9 Å². The third-order valence-electron chi connectivity index (χ3n) is 5.43. The predicted octanol–water partition coefficient (Wildman–Crippen LogP) is 7.42. The van der Waals surface area contributed by atoms with E-state index in [4.69, 9.17) is 34.8 Å².